The molecule has 0 fully saturated rings. The van der Waals surface area contributed by atoms with Crippen LogP contribution in [0.3, 0.4) is 0 Å². The van der Waals surface area contributed by atoms with Crippen LogP contribution in [0.5, 0.6) is 0 Å². The number of tetrazole rings is 1. The topological polar surface area (TPSA) is 55.6 Å². The molecule has 0 saturated heterocycles. The SMILES string of the molecule is Clc1ccccc1CNc1nnnn1-c1ccccc1. The molecule has 1 heterocycles. The van der Waals surface area contributed by atoms with Gasteiger partial charge in [0.1, 0.15) is 0 Å². The van der Waals surface area contributed by atoms with Gasteiger partial charge in [0.2, 0.25) is 5.95 Å². The monoisotopic (exact) mass is 285 g/mol. The van der Waals surface area contributed by atoms with Crippen molar-refractivity contribution in [1.29, 1.82) is 0 Å². The smallest absolute Gasteiger partial charge is 0.248 e. The van der Waals surface area contributed by atoms with E-state index in [-0.39, 0.29) is 0 Å². The summed E-state index contributed by atoms with van der Waals surface area (Å²) in [6.07, 6.45) is 0. The van der Waals surface area contributed by atoms with E-state index in [1.165, 1.54) is 0 Å². The van der Waals surface area contributed by atoms with Gasteiger partial charge in [-0.05, 0) is 34.2 Å². The summed E-state index contributed by atoms with van der Waals surface area (Å²) in [5.74, 6) is 0.580. The molecule has 0 spiro atoms. The number of para-hydroxylation sites is 1. The zero-order valence-electron chi connectivity index (χ0n) is 10.6. The van der Waals surface area contributed by atoms with E-state index < -0.39 is 0 Å². The van der Waals surface area contributed by atoms with E-state index in [0.717, 1.165) is 16.3 Å². The first-order valence-corrected chi connectivity index (χ1v) is 6.53. The van der Waals surface area contributed by atoms with Crippen LogP contribution in [0.4, 0.5) is 5.95 Å². The Morgan fingerprint density at radius 2 is 1.75 bits per heavy atom. The third kappa shape index (κ3) is 2.62. The molecule has 0 aliphatic rings. The Labute approximate surface area is 121 Å². The average Bonchev–Trinajstić information content (AvgIpc) is 2.96. The fourth-order valence-electron chi connectivity index (χ4n) is 1.86. The highest BCUT2D eigenvalue weighted by atomic mass is 35.5. The molecule has 0 aliphatic carbocycles. The van der Waals surface area contributed by atoms with Crippen LogP contribution >= 0.6 is 11.6 Å². The molecular weight excluding hydrogens is 274 g/mol. The van der Waals surface area contributed by atoms with Crippen LogP contribution in [0.25, 0.3) is 5.69 Å². The molecule has 100 valence electrons. The van der Waals surface area contributed by atoms with E-state index in [2.05, 4.69) is 20.8 Å². The number of benzene rings is 2. The van der Waals surface area contributed by atoms with Crippen molar-refractivity contribution in [3.05, 3.63) is 65.2 Å². The minimum absolute atomic E-state index is 0.562. The van der Waals surface area contributed by atoms with Crippen LogP contribution in [0, 0.1) is 0 Å². The van der Waals surface area contributed by atoms with Gasteiger partial charge in [-0.3, -0.25) is 0 Å². The lowest BCUT2D eigenvalue weighted by Gasteiger charge is -2.08. The third-order valence-corrected chi connectivity index (χ3v) is 3.23. The lowest BCUT2D eigenvalue weighted by atomic mass is 10.2. The number of halogens is 1. The van der Waals surface area contributed by atoms with Gasteiger partial charge in [-0.2, -0.15) is 4.68 Å². The third-order valence-electron chi connectivity index (χ3n) is 2.87. The van der Waals surface area contributed by atoms with Crippen LogP contribution in [-0.2, 0) is 6.54 Å². The van der Waals surface area contributed by atoms with Gasteiger partial charge in [-0.15, -0.1) is 0 Å². The Bertz CT molecular complexity index is 696. The number of rotatable bonds is 4. The Hall–Kier alpha value is -2.40. The molecule has 0 radical (unpaired) electrons. The van der Waals surface area contributed by atoms with Crippen molar-refractivity contribution in [3.63, 3.8) is 0 Å². The zero-order valence-corrected chi connectivity index (χ0v) is 11.3. The molecule has 3 aromatic rings. The average molecular weight is 286 g/mol. The maximum atomic E-state index is 6.12. The summed E-state index contributed by atoms with van der Waals surface area (Å²) in [5.41, 5.74) is 1.90. The molecule has 2 aromatic carbocycles. The first-order chi connectivity index (χ1) is 9.84. The first-order valence-electron chi connectivity index (χ1n) is 6.15. The molecule has 5 nitrogen and oxygen atoms in total. The van der Waals surface area contributed by atoms with E-state index in [0.29, 0.717) is 12.5 Å². The molecule has 6 heteroatoms. The summed E-state index contributed by atoms with van der Waals surface area (Å²) in [6.45, 7) is 0.562. The van der Waals surface area contributed by atoms with Crippen molar-refractivity contribution in [1.82, 2.24) is 20.2 Å². The molecule has 0 amide bonds. The second kappa shape index (κ2) is 5.71. The van der Waals surface area contributed by atoms with Gasteiger partial charge in [0.15, 0.2) is 0 Å². The number of anilines is 1. The normalized spacial score (nSPS) is 10.4. The van der Waals surface area contributed by atoms with Crippen LogP contribution < -0.4 is 5.32 Å². The molecule has 0 saturated carbocycles. The summed E-state index contributed by atoms with van der Waals surface area (Å²) in [5, 5.41) is 15.6. The number of nitrogens with one attached hydrogen (secondary N) is 1. The van der Waals surface area contributed by atoms with Gasteiger partial charge in [0.05, 0.1) is 5.69 Å². The van der Waals surface area contributed by atoms with Crippen molar-refractivity contribution in [3.8, 4) is 5.69 Å². The largest absolute Gasteiger partial charge is 0.349 e. The van der Waals surface area contributed by atoms with Crippen molar-refractivity contribution in [2.24, 2.45) is 0 Å². The van der Waals surface area contributed by atoms with Crippen LogP contribution in [0.2, 0.25) is 5.02 Å². The fraction of sp³-hybridized carbons (Fsp3) is 0.0714. The molecule has 1 N–H and O–H groups in total. The Morgan fingerprint density at radius 3 is 2.55 bits per heavy atom. The van der Waals surface area contributed by atoms with Gasteiger partial charge >= 0.3 is 0 Å². The van der Waals surface area contributed by atoms with Crippen molar-refractivity contribution >= 4 is 17.5 Å². The lowest BCUT2D eigenvalue weighted by Crippen LogP contribution is -2.07. The highest BCUT2D eigenvalue weighted by molar-refractivity contribution is 6.31. The van der Waals surface area contributed by atoms with Gasteiger partial charge in [-0.1, -0.05) is 53.1 Å². The highest BCUT2D eigenvalue weighted by Crippen LogP contribution is 2.17. The molecule has 20 heavy (non-hydrogen) atoms. The second-order valence-corrected chi connectivity index (χ2v) is 4.60. The molecule has 0 aliphatic heterocycles. The fourth-order valence-corrected chi connectivity index (χ4v) is 2.06. The Kier molecular flexibility index (Phi) is 3.60. The Balaban J connectivity index is 1.80. The summed E-state index contributed by atoms with van der Waals surface area (Å²) in [7, 11) is 0. The Morgan fingerprint density at radius 1 is 1.00 bits per heavy atom. The van der Waals surface area contributed by atoms with Gasteiger partial charge < -0.3 is 5.32 Å². The maximum absolute atomic E-state index is 6.12. The molecule has 3 rings (SSSR count). The lowest BCUT2D eigenvalue weighted by molar-refractivity contribution is 0.789. The summed E-state index contributed by atoms with van der Waals surface area (Å²) >= 11 is 6.12. The quantitative estimate of drug-likeness (QED) is 0.801. The second-order valence-electron chi connectivity index (χ2n) is 4.19. The molecule has 0 bridgehead atoms. The zero-order chi connectivity index (χ0) is 13.8. The number of nitrogens with zero attached hydrogens (tertiary/aromatic N) is 4. The highest BCUT2D eigenvalue weighted by Gasteiger charge is 2.08. The van der Waals surface area contributed by atoms with E-state index in [1.807, 2.05) is 54.6 Å². The predicted molar refractivity (Wildman–Crippen MR) is 77.9 cm³/mol. The number of hydrogen-bond donors (Lipinski definition) is 1. The van der Waals surface area contributed by atoms with Crippen LogP contribution in [-0.4, -0.2) is 20.2 Å². The van der Waals surface area contributed by atoms with Gasteiger partial charge in [-0.25, -0.2) is 0 Å². The van der Waals surface area contributed by atoms with E-state index in [1.54, 1.807) is 4.68 Å². The standard InChI is InChI=1S/C14H12ClN5/c15-13-9-5-4-6-11(13)10-16-14-17-18-19-20(14)12-7-2-1-3-8-12/h1-9H,10H2,(H,16,17,19). The molecular formula is C14H12ClN5. The summed E-state index contributed by atoms with van der Waals surface area (Å²) in [6, 6.07) is 17.4. The number of aromatic nitrogens is 4. The molecule has 0 unspecified atom stereocenters. The van der Waals surface area contributed by atoms with E-state index in [9.17, 15) is 0 Å². The van der Waals surface area contributed by atoms with Gasteiger partial charge in [0.25, 0.3) is 0 Å². The number of hydrogen-bond acceptors (Lipinski definition) is 4. The van der Waals surface area contributed by atoms with E-state index in [4.69, 9.17) is 11.6 Å². The van der Waals surface area contributed by atoms with Crippen LogP contribution in [0.1, 0.15) is 5.56 Å². The van der Waals surface area contributed by atoms with E-state index >= 15 is 0 Å². The molecule has 1 aromatic heterocycles. The first kappa shape index (κ1) is 12.6. The van der Waals surface area contributed by atoms with Gasteiger partial charge in [0, 0.05) is 11.6 Å². The summed E-state index contributed by atoms with van der Waals surface area (Å²) in [4.78, 5) is 0. The summed E-state index contributed by atoms with van der Waals surface area (Å²) < 4.78 is 1.65. The van der Waals surface area contributed by atoms with Crippen molar-refractivity contribution in [2.45, 2.75) is 6.54 Å². The van der Waals surface area contributed by atoms with Crippen molar-refractivity contribution < 1.29 is 0 Å². The minimum atomic E-state index is 0.562. The minimum Gasteiger partial charge on any atom is -0.349 e. The maximum Gasteiger partial charge on any atom is 0.248 e. The molecule has 0 atom stereocenters. The predicted octanol–water partition coefficient (Wildman–Crippen LogP) is 2.93. The van der Waals surface area contributed by atoms with Crippen molar-refractivity contribution in [2.75, 3.05) is 5.32 Å². The van der Waals surface area contributed by atoms with Crippen LogP contribution in [0.15, 0.2) is 54.6 Å².